The fourth-order valence-electron chi connectivity index (χ4n) is 0.437. The highest BCUT2D eigenvalue weighted by Crippen LogP contribution is 2.07. The third kappa shape index (κ3) is 0.898. The van der Waals surface area contributed by atoms with Crippen molar-refractivity contribution in [3.63, 3.8) is 0 Å². The Morgan fingerprint density at radius 3 is 2.75 bits per heavy atom. The molecule has 0 unspecified atom stereocenters. The van der Waals surface area contributed by atoms with E-state index in [1.165, 1.54) is 11.3 Å². The molecule has 0 aliphatic heterocycles. The van der Waals surface area contributed by atoms with Gasteiger partial charge in [0.1, 0.15) is 0 Å². The Kier molecular flexibility index (Phi) is 1.35. The van der Waals surface area contributed by atoms with Crippen LogP contribution in [0.1, 0.15) is 9.67 Å². The highest BCUT2D eigenvalue weighted by atomic mass is 32.1. The molecule has 0 aromatic carbocycles. The van der Waals surface area contributed by atoms with Gasteiger partial charge in [-0.1, -0.05) is 0 Å². The minimum atomic E-state index is -0.0972. The van der Waals surface area contributed by atoms with Crippen LogP contribution in [0, 0.1) is 6.92 Å². The standard InChI is InChI=1S/C6H5OS/c1-5(7)6-3-2-4-8-6/h2-4H,1H2/q+1. The Balaban J connectivity index is 2.93. The first-order valence-electron chi connectivity index (χ1n) is 2.20. The molecule has 0 amide bonds. The van der Waals surface area contributed by atoms with Gasteiger partial charge in [-0.15, -0.1) is 0 Å². The molecule has 1 heterocycles. The van der Waals surface area contributed by atoms with E-state index in [4.69, 9.17) is 0 Å². The van der Waals surface area contributed by atoms with Crippen LogP contribution in [0.5, 0.6) is 0 Å². The number of carbonyl (C=O) groups is 1. The van der Waals surface area contributed by atoms with E-state index in [2.05, 4.69) is 6.92 Å². The van der Waals surface area contributed by atoms with Gasteiger partial charge in [0.05, 0.1) is 6.92 Å². The van der Waals surface area contributed by atoms with Crippen molar-refractivity contribution in [2.24, 2.45) is 0 Å². The second kappa shape index (κ2) is 2.01. The van der Waals surface area contributed by atoms with Crippen molar-refractivity contribution in [1.82, 2.24) is 0 Å². The summed E-state index contributed by atoms with van der Waals surface area (Å²) in [5, 5.41) is 1.86. The maximum atomic E-state index is 10.4. The molecule has 1 rings (SSSR count). The van der Waals surface area contributed by atoms with Gasteiger partial charge >= 0.3 is 5.78 Å². The number of hydrogen-bond donors (Lipinski definition) is 0. The molecule has 40 valence electrons. The van der Waals surface area contributed by atoms with E-state index in [1.807, 2.05) is 11.4 Å². The first-order chi connectivity index (χ1) is 3.80. The smallest absolute Gasteiger partial charge is 0.239 e. The second-order valence-corrected chi connectivity index (χ2v) is 2.35. The van der Waals surface area contributed by atoms with Gasteiger partial charge in [0.15, 0.2) is 0 Å². The molecule has 0 atom stereocenters. The van der Waals surface area contributed by atoms with Crippen molar-refractivity contribution in [3.8, 4) is 0 Å². The maximum Gasteiger partial charge on any atom is 0.344 e. The largest absolute Gasteiger partial charge is 0.344 e. The normalized spacial score (nSPS) is 9.00. The summed E-state index contributed by atoms with van der Waals surface area (Å²) in [4.78, 5) is 11.1. The number of hydrogen-bond acceptors (Lipinski definition) is 2. The molecule has 1 aromatic rings. The molecule has 1 aromatic heterocycles. The molecule has 0 fully saturated rings. The summed E-state index contributed by atoms with van der Waals surface area (Å²) in [6.45, 7) is 3.25. The Morgan fingerprint density at radius 2 is 2.50 bits per heavy atom. The van der Waals surface area contributed by atoms with Crippen LogP contribution in [-0.2, 0) is 0 Å². The number of thiophene rings is 1. The molecule has 8 heavy (non-hydrogen) atoms. The summed E-state index contributed by atoms with van der Waals surface area (Å²) < 4.78 is 0. The lowest BCUT2D eigenvalue weighted by Gasteiger charge is -1.66. The SMILES string of the molecule is [CH2+]C(=O)c1cccs1. The van der Waals surface area contributed by atoms with E-state index in [9.17, 15) is 4.79 Å². The highest BCUT2D eigenvalue weighted by molar-refractivity contribution is 7.12. The Morgan fingerprint density at radius 1 is 1.75 bits per heavy atom. The lowest BCUT2D eigenvalue weighted by molar-refractivity contribution is 0.104. The number of rotatable bonds is 1. The van der Waals surface area contributed by atoms with Gasteiger partial charge in [-0.05, 0) is 17.4 Å². The van der Waals surface area contributed by atoms with Crippen molar-refractivity contribution >= 4 is 17.1 Å². The van der Waals surface area contributed by atoms with Crippen molar-refractivity contribution in [1.29, 1.82) is 0 Å². The van der Waals surface area contributed by atoms with Crippen molar-refractivity contribution in [2.45, 2.75) is 0 Å². The summed E-state index contributed by atoms with van der Waals surface area (Å²) >= 11 is 1.42. The number of Topliss-reactive ketones (excluding diaryl/α,β-unsaturated/α-hetero) is 1. The molecule has 0 aliphatic rings. The zero-order valence-corrected chi connectivity index (χ0v) is 5.07. The average molecular weight is 125 g/mol. The second-order valence-electron chi connectivity index (χ2n) is 1.40. The van der Waals surface area contributed by atoms with Crippen molar-refractivity contribution < 1.29 is 4.79 Å². The molecule has 0 saturated carbocycles. The van der Waals surface area contributed by atoms with Gasteiger partial charge in [-0.2, -0.15) is 0 Å². The predicted molar refractivity (Wildman–Crippen MR) is 34.0 cm³/mol. The molecule has 0 spiro atoms. The summed E-state index contributed by atoms with van der Waals surface area (Å²) in [7, 11) is 0. The molecule has 1 nitrogen and oxygen atoms in total. The van der Waals surface area contributed by atoms with Crippen LogP contribution in [0.4, 0.5) is 0 Å². The van der Waals surface area contributed by atoms with Gasteiger partial charge in [0.25, 0.3) is 0 Å². The van der Waals surface area contributed by atoms with Crippen LogP contribution in [0.2, 0.25) is 0 Å². The maximum absolute atomic E-state index is 10.4. The monoisotopic (exact) mass is 125 g/mol. The zero-order chi connectivity index (χ0) is 5.98. The van der Waals surface area contributed by atoms with Crippen LogP contribution < -0.4 is 0 Å². The predicted octanol–water partition coefficient (Wildman–Crippen LogP) is 1.76. The summed E-state index contributed by atoms with van der Waals surface area (Å²) in [5.41, 5.74) is 0. The zero-order valence-electron chi connectivity index (χ0n) is 4.26. The first-order valence-corrected chi connectivity index (χ1v) is 3.08. The van der Waals surface area contributed by atoms with Crippen LogP contribution in [0.25, 0.3) is 0 Å². The number of ketones is 1. The Hall–Kier alpha value is -0.760. The van der Waals surface area contributed by atoms with E-state index < -0.39 is 0 Å². The fourth-order valence-corrected chi connectivity index (χ4v) is 1.03. The summed E-state index contributed by atoms with van der Waals surface area (Å²) in [6, 6.07) is 3.60. The molecule has 0 saturated heterocycles. The molecular formula is C6H5OS+. The van der Waals surface area contributed by atoms with E-state index in [1.54, 1.807) is 6.07 Å². The van der Waals surface area contributed by atoms with E-state index in [0.29, 0.717) is 0 Å². The van der Waals surface area contributed by atoms with Gasteiger partial charge in [-0.3, -0.25) is 0 Å². The lowest BCUT2D eigenvalue weighted by Crippen LogP contribution is -1.83. The van der Waals surface area contributed by atoms with Crippen molar-refractivity contribution in [3.05, 3.63) is 29.3 Å². The molecule has 2 heteroatoms. The Bertz CT molecular complexity index is 176. The fraction of sp³-hybridized carbons (Fsp3) is 0. The molecular weight excluding hydrogens is 120 g/mol. The van der Waals surface area contributed by atoms with Crippen LogP contribution in [0.15, 0.2) is 17.5 Å². The minimum absolute atomic E-state index is 0.0972. The van der Waals surface area contributed by atoms with E-state index in [-0.39, 0.29) is 5.78 Å². The van der Waals surface area contributed by atoms with E-state index >= 15 is 0 Å². The minimum Gasteiger partial charge on any atom is -0.239 e. The van der Waals surface area contributed by atoms with Crippen LogP contribution in [-0.4, -0.2) is 5.78 Å². The lowest BCUT2D eigenvalue weighted by atomic mass is 10.4. The van der Waals surface area contributed by atoms with Crippen LogP contribution in [0.3, 0.4) is 0 Å². The van der Waals surface area contributed by atoms with Gasteiger partial charge < -0.3 is 0 Å². The molecule has 0 radical (unpaired) electrons. The third-order valence-electron chi connectivity index (χ3n) is 0.796. The topological polar surface area (TPSA) is 17.1 Å². The summed E-state index contributed by atoms with van der Waals surface area (Å²) in [5.74, 6) is -0.0972. The van der Waals surface area contributed by atoms with Crippen LogP contribution >= 0.6 is 11.3 Å². The molecule has 0 bridgehead atoms. The van der Waals surface area contributed by atoms with E-state index in [0.717, 1.165) is 4.88 Å². The van der Waals surface area contributed by atoms with Gasteiger partial charge in [-0.25, -0.2) is 4.79 Å². The van der Waals surface area contributed by atoms with Gasteiger partial charge in [0, 0.05) is 11.4 Å². The number of carbonyl (C=O) groups excluding carboxylic acids is 1. The quantitative estimate of drug-likeness (QED) is 0.413. The first kappa shape index (κ1) is 5.38. The van der Waals surface area contributed by atoms with Gasteiger partial charge in [0.2, 0.25) is 4.88 Å². The Labute approximate surface area is 52.0 Å². The molecule has 0 N–H and O–H groups in total. The molecule has 0 aliphatic carbocycles. The highest BCUT2D eigenvalue weighted by Gasteiger charge is 2.07. The average Bonchev–Trinajstić information content (AvgIpc) is 2.12. The third-order valence-corrected chi connectivity index (χ3v) is 1.71. The summed E-state index contributed by atoms with van der Waals surface area (Å²) in [6.07, 6.45) is 0. The van der Waals surface area contributed by atoms with Crippen molar-refractivity contribution in [2.75, 3.05) is 0 Å².